The molecule has 0 radical (unpaired) electrons. The molecule has 84 valence electrons. The molecule has 1 aliphatic heterocycles. The molecule has 2 aromatic rings. The van der Waals surface area contributed by atoms with Crippen molar-refractivity contribution in [3.63, 3.8) is 0 Å². The van der Waals surface area contributed by atoms with Crippen LogP contribution in [0.3, 0.4) is 0 Å². The first-order valence-corrected chi connectivity index (χ1v) is 5.52. The van der Waals surface area contributed by atoms with Gasteiger partial charge in [0.15, 0.2) is 0 Å². The minimum absolute atomic E-state index is 0.0653. The standard InChI is InChI=1S/C12H15N3O/c1-15-11-5-3-2-4-10(11)14-12(15)8-6-16-7-9(8)13/h2-5,8-9H,6-7,13H2,1H3. The molecule has 0 saturated carbocycles. The minimum Gasteiger partial charge on any atom is -0.379 e. The van der Waals surface area contributed by atoms with Crippen LogP contribution < -0.4 is 5.73 Å². The van der Waals surface area contributed by atoms with Gasteiger partial charge in [0, 0.05) is 13.1 Å². The SMILES string of the molecule is Cn1c(C2COCC2N)nc2ccccc21. The fourth-order valence-electron chi connectivity index (χ4n) is 2.33. The number of hydrogen-bond acceptors (Lipinski definition) is 3. The van der Waals surface area contributed by atoms with Crippen LogP contribution in [0.15, 0.2) is 24.3 Å². The highest BCUT2D eigenvalue weighted by Crippen LogP contribution is 2.26. The highest BCUT2D eigenvalue weighted by molar-refractivity contribution is 5.75. The lowest BCUT2D eigenvalue weighted by Gasteiger charge is -2.12. The third-order valence-electron chi connectivity index (χ3n) is 3.28. The number of fused-ring (bicyclic) bond motifs is 1. The Balaban J connectivity index is 2.13. The summed E-state index contributed by atoms with van der Waals surface area (Å²) in [5.74, 6) is 1.25. The summed E-state index contributed by atoms with van der Waals surface area (Å²) in [4.78, 5) is 4.65. The zero-order chi connectivity index (χ0) is 11.1. The van der Waals surface area contributed by atoms with Crippen LogP contribution in [0.4, 0.5) is 0 Å². The Labute approximate surface area is 94.0 Å². The number of aromatic nitrogens is 2. The van der Waals surface area contributed by atoms with Gasteiger partial charge in [-0.15, -0.1) is 0 Å². The number of ether oxygens (including phenoxy) is 1. The van der Waals surface area contributed by atoms with Gasteiger partial charge in [0.05, 0.1) is 30.2 Å². The van der Waals surface area contributed by atoms with Gasteiger partial charge in [0.2, 0.25) is 0 Å². The van der Waals surface area contributed by atoms with Gasteiger partial charge in [-0.1, -0.05) is 12.1 Å². The van der Waals surface area contributed by atoms with Crippen LogP contribution in [0.5, 0.6) is 0 Å². The fraction of sp³-hybridized carbons (Fsp3) is 0.417. The van der Waals surface area contributed by atoms with E-state index >= 15 is 0 Å². The Morgan fingerprint density at radius 1 is 1.38 bits per heavy atom. The van der Waals surface area contributed by atoms with Crippen molar-refractivity contribution in [3.8, 4) is 0 Å². The predicted octanol–water partition coefficient (Wildman–Crippen LogP) is 1.01. The molecule has 1 aromatic heterocycles. The lowest BCUT2D eigenvalue weighted by Crippen LogP contribution is -2.28. The Hall–Kier alpha value is -1.39. The summed E-state index contributed by atoms with van der Waals surface area (Å²) < 4.78 is 7.52. The number of benzene rings is 1. The number of hydrogen-bond donors (Lipinski definition) is 1. The molecule has 1 saturated heterocycles. The van der Waals surface area contributed by atoms with E-state index in [1.54, 1.807) is 0 Å². The van der Waals surface area contributed by atoms with E-state index in [0.717, 1.165) is 16.9 Å². The largest absolute Gasteiger partial charge is 0.379 e. The van der Waals surface area contributed by atoms with E-state index in [1.807, 2.05) is 25.2 Å². The van der Waals surface area contributed by atoms with Gasteiger partial charge in [-0.3, -0.25) is 0 Å². The van der Waals surface area contributed by atoms with E-state index < -0.39 is 0 Å². The average molecular weight is 217 g/mol. The average Bonchev–Trinajstić information content (AvgIpc) is 2.84. The van der Waals surface area contributed by atoms with Crippen LogP contribution in [0.1, 0.15) is 11.7 Å². The first kappa shape index (κ1) is 9.81. The van der Waals surface area contributed by atoms with E-state index in [2.05, 4.69) is 15.6 Å². The van der Waals surface area contributed by atoms with Crippen LogP contribution in [0.25, 0.3) is 11.0 Å². The van der Waals surface area contributed by atoms with Crippen LogP contribution in [0, 0.1) is 0 Å². The molecule has 1 aliphatic rings. The van der Waals surface area contributed by atoms with Crippen molar-refractivity contribution in [1.82, 2.24) is 9.55 Å². The van der Waals surface area contributed by atoms with Crippen molar-refractivity contribution < 1.29 is 4.74 Å². The summed E-state index contributed by atoms with van der Waals surface area (Å²) in [6.07, 6.45) is 0. The highest BCUT2D eigenvalue weighted by Gasteiger charge is 2.30. The Bertz CT molecular complexity index is 520. The zero-order valence-corrected chi connectivity index (χ0v) is 9.26. The highest BCUT2D eigenvalue weighted by atomic mass is 16.5. The van der Waals surface area contributed by atoms with E-state index in [1.165, 1.54) is 0 Å². The zero-order valence-electron chi connectivity index (χ0n) is 9.26. The molecule has 0 amide bonds. The second-order valence-corrected chi connectivity index (χ2v) is 4.33. The molecule has 1 fully saturated rings. The summed E-state index contributed by atoms with van der Waals surface area (Å²) in [5, 5.41) is 0. The molecule has 1 aromatic carbocycles. The van der Waals surface area contributed by atoms with Crippen LogP contribution in [-0.4, -0.2) is 28.8 Å². The number of nitrogens with two attached hydrogens (primary N) is 1. The second-order valence-electron chi connectivity index (χ2n) is 4.33. The van der Waals surface area contributed by atoms with Crippen molar-refractivity contribution >= 4 is 11.0 Å². The third kappa shape index (κ3) is 1.34. The second kappa shape index (κ2) is 3.57. The van der Waals surface area contributed by atoms with E-state index in [-0.39, 0.29) is 12.0 Å². The third-order valence-corrected chi connectivity index (χ3v) is 3.28. The number of rotatable bonds is 1. The van der Waals surface area contributed by atoms with Crippen LogP contribution in [-0.2, 0) is 11.8 Å². The van der Waals surface area contributed by atoms with Gasteiger partial charge in [-0.2, -0.15) is 0 Å². The Morgan fingerprint density at radius 2 is 2.19 bits per heavy atom. The molecular formula is C12H15N3O. The van der Waals surface area contributed by atoms with Gasteiger partial charge in [-0.05, 0) is 12.1 Å². The lowest BCUT2D eigenvalue weighted by atomic mass is 10.0. The van der Waals surface area contributed by atoms with Crippen molar-refractivity contribution in [1.29, 1.82) is 0 Å². The molecular weight excluding hydrogens is 202 g/mol. The molecule has 3 rings (SSSR count). The lowest BCUT2D eigenvalue weighted by molar-refractivity contribution is 0.190. The van der Waals surface area contributed by atoms with Crippen LogP contribution in [0.2, 0.25) is 0 Å². The fourth-order valence-corrected chi connectivity index (χ4v) is 2.33. The van der Waals surface area contributed by atoms with Crippen molar-refractivity contribution in [2.75, 3.05) is 13.2 Å². The van der Waals surface area contributed by atoms with Gasteiger partial charge >= 0.3 is 0 Å². The number of para-hydroxylation sites is 2. The number of nitrogens with zero attached hydrogens (tertiary/aromatic N) is 2. The minimum atomic E-state index is 0.0653. The molecule has 0 bridgehead atoms. The normalized spacial score (nSPS) is 25.4. The van der Waals surface area contributed by atoms with Gasteiger partial charge < -0.3 is 15.0 Å². The maximum Gasteiger partial charge on any atom is 0.116 e. The maximum absolute atomic E-state index is 6.02. The molecule has 0 spiro atoms. The smallest absolute Gasteiger partial charge is 0.116 e. The first-order chi connectivity index (χ1) is 7.77. The van der Waals surface area contributed by atoms with E-state index in [9.17, 15) is 0 Å². The van der Waals surface area contributed by atoms with Crippen molar-refractivity contribution in [2.24, 2.45) is 12.8 Å². The predicted molar refractivity (Wildman–Crippen MR) is 62.2 cm³/mol. The van der Waals surface area contributed by atoms with Crippen molar-refractivity contribution in [2.45, 2.75) is 12.0 Å². The monoisotopic (exact) mass is 217 g/mol. The summed E-state index contributed by atoms with van der Waals surface area (Å²) in [5.41, 5.74) is 8.20. The van der Waals surface area contributed by atoms with E-state index in [0.29, 0.717) is 13.2 Å². The quantitative estimate of drug-likeness (QED) is 0.775. The number of imidazole rings is 1. The molecule has 0 aliphatic carbocycles. The molecule has 4 nitrogen and oxygen atoms in total. The Morgan fingerprint density at radius 3 is 2.88 bits per heavy atom. The molecule has 2 N–H and O–H groups in total. The first-order valence-electron chi connectivity index (χ1n) is 5.52. The van der Waals surface area contributed by atoms with E-state index in [4.69, 9.17) is 10.5 Å². The number of aryl methyl sites for hydroxylation is 1. The van der Waals surface area contributed by atoms with Crippen LogP contribution >= 0.6 is 0 Å². The molecule has 2 unspecified atom stereocenters. The molecule has 2 atom stereocenters. The molecule has 16 heavy (non-hydrogen) atoms. The summed E-state index contributed by atoms with van der Waals surface area (Å²) in [6.45, 7) is 1.31. The molecule has 2 heterocycles. The van der Waals surface area contributed by atoms with Gasteiger partial charge in [-0.25, -0.2) is 4.98 Å². The van der Waals surface area contributed by atoms with Gasteiger partial charge in [0.25, 0.3) is 0 Å². The summed E-state index contributed by atoms with van der Waals surface area (Å²) in [6, 6.07) is 8.20. The topological polar surface area (TPSA) is 53.1 Å². The maximum atomic E-state index is 6.02. The summed E-state index contributed by atoms with van der Waals surface area (Å²) in [7, 11) is 2.04. The molecule has 4 heteroatoms. The van der Waals surface area contributed by atoms with Gasteiger partial charge in [0.1, 0.15) is 5.82 Å². The Kier molecular flexibility index (Phi) is 2.19. The van der Waals surface area contributed by atoms with Crippen molar-refractivity contribution in [3.05, 3.63) is 30.1 Å². The summed E-state index contributed by atoms with van der Waals surface area (Å²) >= 11 is 0.